The average Bonchev–Trinajstić information content (AvgIpc) is 2.47. The minimum Gasteiger partial charge on any atom is -0.409 e. The molecule has 0 unspecified atom stereocenters. The number of rotatable bonds is 3. The average molecular weight is 298 g/mol. The van der Waals surface area contributed by atoms with Crippen LogP contribution in [0.25, 0.3) is 0 Å². The molecule has 0 bridgehead atoms. The molecule has 110 valence electrons. The van der Waals surface area contributed by atoms with Gasteiger partial charge in [0, 0.05) is 32.4 Å². The first-order valence-electron chi connectivity index (χ1n) is 6.55. The van der Waals surface area contributed by atoms with Crippen molar-refractivity contribution in [3.05, 3.63) is 23.4 Å². The van der Waals surface area contributed by atoms with Gasteiger partial charge in [-0.3, -0.25) is 4.90 Å². The van der Waals surface area contributed by atoms with Crippen molar-refractivity contribution in [1.82, 2.24) is 9.88 Å². The molecule has 0 aliphatic carbocycles. The monoisotopic (exact) mass is 297 g/mol. The van der Waals surface area contributed by atoms with Gasteiger partial charge >= 0.3 is 0 Å². The molecule has 20 heavy (non-hydrogen) atoms. The van der Waals surface area contributed by atoms with Crippen LogP contribution in [-0.4, -0.2) is 52.6 Å². The van der Waals surface area contributed by atoms with E-state index in [1.165, 1.54) is 0 Å². The first-order valence-corrected chi connectivity index (χ1v) is 6.93. The van der Waals surface area contributed by atoms with E-state index in [1.54, 1.807) is 6.20 Å². The maximum absolute atomic E-state index is 8.87. The Morgan fingerprint density at radius 3 is 2.60 bits per heavy atom. The first-order chi connectivity index (χ1) is 9.46. The molecule has 1 saturated heterocycles. The van der Waals surface area contributed by atoms with Gasteiger partial charge in [-0.25, -0.2) is 4.98 Å². The van der Waals surface area contributed by atoms with Crippen molar-refractivity contribution in [3.63, 3.8) is 0 Å². The summed E-state index contributed by atoms with van der Waals surface area (Å²) in [7, 11) is 0. The Kier molecular flexibility index (Phi) is 4.35. The van der Waals surface area contributed by atoms with Crippen molar-refractivity contribution >= 4 is 23.3 Å². The Bertz CT molecular complexity index is 497. The van der Waals surface area contributed by atoms with Gasteiger partial charge in [0.05, 0.1) is 10.6 Å². The lowest BCUT2D eigenvalue weighted by atomic mass is 10.0. The summed E-state index contributed by atoms with van der Waals surface area (Å²) in [4.78, 5) is 8.67. The Labute approximate surface area is 123 Å². The van der Waals surface area contributed by atoms with Crippen molar-refractivity contribution in [2.75, 3.05) is 31.1 Å². The normalized spacial score (nSPS) is 18.4. The highest BCUT2D eigenvalue weighted by atomic mass is 35.5. The van der Waals surface area contributed by atoms with E-state index in [0.717, 1.165) is 32.0 Å². The second-order valence-corrected chi connectivity index (χ2v) is 5.73. The van der Waals surface area contributed by atoms with Crippen LogP contribution in [0.15, 0.2) is 23.5 Å². The van der Waals surface area contributed by atoms with Gasteiger partial charge in [0.15, 0.2) is 5.84 Å². The molecule has 1 aliphatic heterocycles. The highest BCUT2D eigenvalue weighted by Gasteiger charge is 2.34. The van der Waals surface area contributed by atoms with E-state index in [-0.39, 0.29) is 5.84 Å². The lowest BCUT2D eigenvalue weighted by Crippen LogP contribution is -2.60. The molecule has 1 aliphatic rings. The number of nitrogens with zero attached hydrogens (tertiary/aromatic N) is 4. The zero-order valence-electron chi connectivity index (χ0n) is 11.8. The summed E-state index contributed by atoms with van der Waals surface area (Å²) in [6.07, 6.45) is 1.74. The van der Waals surface area contributed by atoms with E-state index < -0.39 is 5.54 Å². The van der Waals surface area contributed by atoms with E-state index in [2.05, 4.69) is 19.9 Å². The molecule has 1 aromatic rings. The SMILES string of the molecule is CC(C)(C(N)=NO)N1CCN(c2ncccc2Cl)CC1. The zero-order valence-corrected chi connectivity index (χ0v) is 12.5. The molecular formula is C13H20ClN5O. The van der Waals surface area contributed by atoms with Crippen LogP contribution >= 0.6 is 11.6 Å². The number of pyridine rings is 1. The van der Waals surface area contributed by atoms with Crippen LogP contribution in [0.3, 0.4) is 0 Å². The summed E-state index contributed by atoms with van der Waals surface area (Å²) in [5, 5.41) is 12.7. The number of piperazine rings is 1. The molecule has 2 heterocycles. The number of hydrogen-bond acceptors (Lipinski definition) is 5. The van der Waals surface area contributed by atoms with Gasteiger partial charge in [0.1, 0.15) is 5.82 Å². The molecule has 3 N–H and O–H groups in total. The van der Waals surface area contributed by atoms with Gasteiger partial charge < -0.3 is 15.8 Å². The Morgan fingerprint density at radius 2 is 2.05 bits per heavy atom. The quantitative estimate of drug-likeness (QED) is 0.381. The van der Waals surface area contributed by atoms with Crippen LogP contribution in [0, 0.1) is 0 Å². The van der Waals surface area contributed by atoms with Gasteiger partial charge in [0.25, 0.3) is 0 Å². The fraction of sp³-hybridized carbons (Fsp3) is 0.538. The predicted molar refractivity (Wildman–Crippen MR) is 80.5 cm³/mol. The maximum atomic E-state index is 8.87. The van der Waals surface area contributed by atoms with Gasteiger partial charge in [-0.05, 0) is 26.0 Å². The molecule has 0 radical (unpaired) electrons. The standard InChI is InChI=1S/C13H20ClN5O/c1-13(2,12(15)17-20)19-8-6-18(7-9-19)11-10(14)4-3-5-16-11/h3-5,20H,6-9H2,1-2H3,(H2,15,17). The summed E-state index contributed by atoms with van der Waals surface area (Å²) in [6, 6.07) is 3.67. The minimum absolute atomic E-state index is 0.224. The highest BCUT2D eigenvalue weighted by Crippen LogP contribution is 2.25. The molecular weight excluding hydrogens is 278 g/mol. The molecule has 7 heteroatoms. The fourth-order valence-corrected chi connectivity index (χ4v) is 2.61. The van der Waals surface area contributed by atoms with Gasteiger partial charge in [0.2, 0.25) is 0 Å². The summed E-state index contributed by atoms with van der Waals surface area (Å²) in [5.74, 6) is 1.04. The molecule has 0 saturated carbocycles. The van der Waals surface area contributed by atoms with E-state index in [1.807, 2.05) is 26.0 Å². The molecule has 6 nitrogen and oxygen atoms in total. The second kappa shape index (κ2) is 5.85. The summed E-state index contributed by atoms with van der Waals surface area (Å²) < 4.78 is 0. The third-order valence-corrected chi connectivity index (χ3v) is 4.14. The molecule has 1 aromatic heterocycles. The Balaban J connectivity index is 2.05. The third-order valence-electron chi connectivity index (χ3n) is 3.84. The Morgan fingerprint density at radius 1 is 1.40 bits per heavy atom. The van der Waals surface area contributed by atoms with Crippen molar-refractivity contribution in [3.8, 4) is 0 Å². The van der Waals surface area contributed by atoms with E-state index in [9.17, 15) is 0 Å². The molecule has 0 atom stereocenters. The predicted octanol–water partition coefficient (Wildman–Crippen LogP) is 1.38. The highest BCUT2D eigenvalue weighted by molar-refractivity contribution is 6.32. The topological polar surface area (TPSA) is 78.0 Å². The lowest BCUT2D eigenvalue weighted by molar-refractivity contribution is 0.161. The minimum atomic E-state index is -0.464. The summed E-state index contributed by atoms with van der Waals surface area (Å²) in [5.41, 5.74) is 5.30. The summed E-state index contributed by atoms with van der Waals surface area (Å²) in [6.45, 7) is 7.11. The number of halogens is 1. The second-order valence-electron chi connectivity index (χ2n) is 5.33. The maximum Gasteiger partial charge on any atom is 0.159 e. The van der Waals surface area contributed by atoms with Crippen molar-refractivity contribution in [2.45, 2.75) is 19.4 Å². The van der Waals surface area contributed by atoms with E-state index in [0.29, 0.717) is 5.02 Å². The Hall–Kier alpha value is -1.53. The zero-order chi connectivity index (χ0) is 14.8. The molecule has 2 rings (SSSR count). The van der Waals surface area contributed by atoms with Crippen LogP contribution in [0.4, 0.5) is 5.82 Å². The van der Waals surface area contributed by atoms with Crippen LogP contribution < -0.4 is 10.6 Å². The first kappa shape index (κ1) is 14.9. The molecule has 0 aromatic carbocycles. The van der Waals surface area contributed by atoms with Crippen LogP contribution in [0.2, 0.25) is 5.02 Å². The van der Waals surface area contributed by atoms with Crippen molar-refractivity contribution < 1.29 is 5.21 Å². The van der Waals surface area contributed by atoms with E-state index >= 15 is 0 Å². The number of hydrogen-bond donors (Lipinski definition) is 2. The summed E-state index contributed by atoms with van der Waals surface area (Å²) >= 11 is 6.17. The fourth-order valence-electron chi connectivity index (χ4n) is 2.37. The van der Waals surface area contributed by atoms with Gasteiger partial charge in [-0.2, -0.15) is 0 Å². The number of amidine groups is 1. The number of nitrogens with two attached hydrogens (primary N) is 1. The van der Waals surface area contributed by atoms with Crippen LogP contribution in [0.5, 0.6) is 0 Å². The third kappa shape index (κ3) is 2.81. The number of anilines is 1. The lowest BCUT2D eigenvalue weighted by Gasteiger charge is -2.43. The van der Waals surface area contributed by atoms with Crippen molar-refractivity contribution in [1.29, 1.82) is 0 Å². The molecule has 0 spiro atoms. The smallest absolute Gasteiger partial charge is 0.159 e. The van der Waals surface area contributed by atoms with Gasteiger partial charge in [-0.1, -0.05) is 16.8 Å². The van der Waals surface area contributed by atoms with E-state index in [4.69, 9.17) is 22.5 Å². The molecule has 0 amide bonds. The van der Waals surface area contributed by atoms with Crippen LogP contribution in [-0.2, 0) is 0 Å². The van der Waals surface area contributed by atoms with Crippen LogP contribution in [0.1, 0.15) is 13.8 Å². The number of oxime groups is 1. The van der Waals surface area contributed by atoms with Crippen molar-refractivity contribution in [2.24, 2.45) is 10.9 Å². The van der Waals surface area contributed by atoms with Gasteiger partial charge in [-0.15, -0.1) is 0 Å². The largest absolute Gasteiger partial charge is 0.409 e. The number of aromatic nitrogens is 1. The molecule has 1 fully saturated rings.